The van der Waals surface area contributed by atoms with E-state index in [4.69, 9.17) is 21.4 Å². The Balaban J connectivity index is 2.30. The van der Waals surface area contributed by atoms with Crippen molar-refractivity contribution in [1.29, 1.82) is 0 Å². The summed E-state index contributed by atoms with van der Waals surface area (Å²) in [4.78, 5) is 11.6. The summed E-state index contributed by atoms with van der Waals surface area (Å²) < 4.78 is 17.9. The number of aliphatic hydroxyl groups excluding tert-OH is 1. The van der Waals surface area contributed by atoms with Crippen molar-refractivity contribution < 1.29 is 19.0 Å². The average molecular weight is 276 g/mol. The molecule has 0 saturated carbocycles. The van der Waals surface area contributed by atoms with Gasteiger partial charge in [0.1, 0.15) is 5.82 Å². The van der Waals surface area contributed by atoms with Crippen molar-refractivity contribution >= 4 is 17.5 Å². The van der Waals surface area contributed by atoms with E-state index < -0.39 is 5.82 Å². The summed E-state index contributed by atoms with van der Waals surface area (Å²) in [6.07, 6.45) is 0.640. The minimum atomic E-state index is -0.550. The fourth-order valence-electron chi connectivity index (χ4n) is 1.28. The van der Waals surface area contributed by atoms with Crippen LogP contribution in [0.4, 0.5) is 4.39 Å². The molecule has 0 aliphatic heterocycles. The van der Waals surface area contributed by atoms with E-state index in [0.717, 1.165) is 6.07 Å². The van der Waals surface area contributed by atoms with Crippen LogP contribution in [0.25, 0.3) is 0 Å². The molecule has 0 heterocycles. The molecule has 0 aromatic heterocycles. The smallest absolute Gasteiger partial charge is 0.251 e. The van der Waals surface area contributed by atoms with Gasteiger partial charge in [-0.2, -0.15) is 0 Å². The van der Waals surface area contributed by atoms with E-state index >= 15 is 0 Å². The first-order chi connectivity index (χ1) is 8.65. The highest BCUT2D eigenvalue weighted by molar-refractivity contribution is 6.31. The Labute approximate surface area is 110 Å². The molecule has 0 bridgehead atoms. The number of halogens is 2. The molecule has 0 fully saturated rings. The summed E-state index contributed by atoms with van der Waals surface area (Å²) >= 11 is 5.58. The number of carbonyl (C=O) groups excluding carboxylic acids is 1. The summed E-state index contributed by atoms with van der Waals surface area (Å²) in [5, 5.41) is 11.1. The number of hydrogen-bond acceptors (Lipinski definition) is 3. The maximum absolute atomic E-state index is 12.9. The Morgan fingerprint density at radius 1 is 1.44 bits per heavy atom. The van der Waals surface area contributed by atoms with E-state index in [1.807, 2.05) is 0 Å². The summed E-state index contributed by atoms with van der Waals surface area (Å²) in [5.41, 5.74) is 0.317. The second kappa shape index (κ2) is 8.02. The number of ether oxygens (including phenoxy) is 1. The van der Waals surface area contributed by atoms with Crippen LogP contribution in [0.3, 0.4) is 0 Å². The zero-order valence-corrected chi connectivity index (χ0v) is 10.5. The molecular formula is C12H15ClFNO3. The Morgan fingerprint density at radius 3 is 2.89 bits per heavy atom. The molecule has 0 spiro atoms. The molecule has 0 unspecified atom stereocenters. The normalized spacial score (nSPS) is 10.4. The Kier molecular flexibility index (Phi) is 6.64. The van der Waals surface area contributed by atoms with Gasteiger partial charge in [0.15, 0.2) is 0 Å². The van der Waals surface area contributed by atoms with E-state index in [1.54, 1.807) is 0 Å². The van der Waals surface area contributed by atoms with Crippen LogP contribution in [-0.4, -0.2) is 37.4 Å². The van der Waals surface area contributed by atoms with Gasteiger partial charge in [-0.3, -0.25) is 4.79 Å². The first kappa shape index (κ1) is 14.9. The van der Waals surface area contributed by atoms with Gasteiger partial charge in [0.05, 0.1) is 18.2 Å². The predicted octanol–water partition coefficient (Wildman–Crippen LogP) is 1.61. The molecule has 1 amide bonds. The lowest BCUT2D eigenvalue weighted by atomic mass is 10.2. The van der Waals surface area contributed by atoms with E-state index in [9.17, 15) is 9.18 Å². The number of hydrogen-bond donors (Lipinski definition) is 2. The molecule has 4 nitrogen and oxygen atoms in total. The molecule has 18 heavy (non-hydrogen) atoms. The molecule has 6 heteroatoms. The van der Waals surface area contributed by atoms with Gasteiger partial charge in [-0.05, 0) is 24.6 Å². The lowest BCUT2D eigenvalue weighted by Gasteiger charge is -2.06. The number of amides is 1. The molecule has 1 aromatic carbocycles. The first-order valence-corrected chi connectivity index (χ1v) is 5.95. The molecule has 0 aliphatic carbocycles. The van der Waals surface area contributed by atoms with Crippen molar-refractivity contribution in [3.63, 3.8) is 0 Å². The van der Waals surface area contributed by atoms with Crippen LogP contribution in [0.2, 0.25) is 5.02 Å². The van der Waals surface area contributed by atoms with Crippen LogP contribution in [0.5, 0.6) is 0 Å². The van der Waals surface area contributed by atoms with Gasteiger partial charge in [0, 0.05) is 18.7 Å². The van der Waals surface area contributed by atoms with Crippen LogP contribution < -0.4 is 5.32 Å². The van der Waals surface area contributed by atoms with Crippen molar-refractivity contribution in [2.24, 2.45) is 0 Å². The van der Waals surface area contributed by atoms with E-state index in [1.165, 1.54) is 12.1 Å². The highest BCUT2D eigenvalue weighted by Gasteiger charge is 2.07. The van der Waals surface area contributed by atoms with E-state index in [-0.39, 0.29) is 17.5 Å². The fourth-order valence-corrected chi connectivity index (χ4v) is 1.46. The number of aliphatic hydroxyl groups is 1. The van der Waals surface area contributed by atoms with Crippen LogP contribution >= 0.6 is 11.6 Å². The van der Waals surface area contributed by atoms with Gasteiger partial charge in [0.2, 0.25) is 0 Å². The number of carbonyl (C=O) groups is 1. The van der Waals surface area contributed by atoms with Gasteiger partial charge < -0.3 is 15.2 Å². The second-order valence-electron chi connectivity index (χ2n) is 3.57. The van der Waals surface area contributed by atoms with E-state index in [2.05, 4.69) is 5.32 Å². The lowest BCUT2D eigenvalue weighted by Crippen LogP contribution is -2.25. The third kappa shape index (κ3) is 5.00. The molecule has 1 aromatic rings. The van der Waals surface area contributed by atoms with Gasteiger partial charge >= 0.3 is 0 Å². The van der Waals surface area contributed by atoms with E-state index in [0.29, 0.717) is 31.7 Å². The summed E-state index contributed by atoms with van der Waals surface area (Å²) in [7, 11) is 0. The molecule has 0 atom stereocenters. The number of benzene rings is 1. The Morgan fingerprint density at radius 2 is 2.22 bits per heavy atom. The van der Waals surface area contributed by atoms with Crippen molar-refractivity contribution in [3.05, 3.63) is 34.6 Å². The molecule has 0 saturated heterocycles. The zero-order valence-electron chi connectivity index (χ0n) is 9.79. The summed E-state index contributed by atoms with van der Waals surface area (Å²) in [5.74, 6) is -0.857. The largest absolute Gasteiger partial charge is 0.394 e. The first-order valence-electron chi connectivity index (χ1n) is 5.57. The third-order valence-electron chi connectivity index (χ3n) is 2.17. The number of nitrogens with one attached hydrogen (secondary N) is 1. The summed E-state index contributed by atoms with van der Waals surface area (Å²) in [6, 6.07) is 3.81. The minimum Gasteiger partial charge on any atom is -0.394 e. The Hall–Kier alpha value is -1.17. The van der Waals surface area contributed by atoms with Crippen LogP contribution in [0.15, 0.2) is 18.2 Å². The predicted molar refractivity (Wildman–Crippen MR) is 66.3 cm³/mol. The minimum absolute atomic E-state index is 0.0135. The monoisotopic (exact) mass is 275 g/mol. The lowest BCUT2D eigenvalue weighted by molar-refractivity contribution is 0.0867. The Bertz CT molecular complexity index is 401. The summed E-state index contributed by atoms with van der Waals surface area (Å²) in [6.45, 7) is 1.19. The molecule has 0 aliphatic rings. The van der Waals surface area contributed by atoms with Gasteiger partial charge in [-0.15, -0.1) is 0 Å². The van der Waals surface area contributed by atoms with Crippen molar-refractivity contribution in [2.45, 2.75) is 6.42 Å². The molecule has 1 rings (SSSR count). The van der Waals surface area contributed by atoms with Crippen molar-refractivity contribution in [2.75, 3.05) is 26.4 Å². The topological polar surface area (TPSA) is 58.6 Å². The van der Waals surface area contributed by atoms with Crippen molar-refractivity contribution in [1.82, 2.24) is 5.32 Å². The highest BCUT2D eigenvalue weighted by Crippen LogP contribution is 2.15. The maximum atomic E-state index is 12.9. The average Bonchev–Trinajstić information content (AvgIpc) is 2.36. The van der Waals surface area contributed by atoms with Gasteiger partial charge in [0.25, 0.3) is 5.91 Å². The highest BCUT2D eigenvalue weighted by atomic mass is 35.5. The van der Waals surface area contributed by atoms with Crippen LogP contribution in [0, 0.1) is 5.82 Å². The maximum Gasteiger partial charge on any atom is 0.251 e. The van der Waals surface area contributed by atoms with Gasteiger partial charge in [-0.25, -0.2) is 4.39 Å². The second-order valence-corrected chi connectivity index (χ2v) is 3.98. The van der Waals surface area contributed by atoms with Gasteiger partial charge in [-0.1, -0.05) is 11.6 Å². The quantitative estimate of drug-likeness (QED) is 0.743. The zero-order chi connectivity index (χ0) is 13.4. The number of rotatable bonds is 7. The molecule has 0 radical (unpaired) electrons. The standard InChI is InChI=1S/C12H15ClFNO3/c13-10-8-9(2-3-11(10)14)12(17)15-4-1-6-18-7-5-16/h2-3,8,16H,1,4-7H2,(H,15,17). The third-order valence-corrected chi connectivity index (χ3v) is 2.46. The van der Waals surface area contributed by atoms with Crippen molar-refractivity contribution in [3.8, 4) is 0 Å². The molecular weight excluding hydrogens is 261 g/mol. The molecule has 100 valence electrons. The molecule has 2 N–H and O–H groups in total. The van der Waals surface area contributed by atoms with Crippen LogP contribution in [0.1, 0.15) is 16.8 Å². The fraction of sp³-hybridized carbons (Fsp3) is 0.417. The SMILES string of the molecule is O=C(NCCCOCCO)c1ccc(F)c(Cl)c1. The van der Waals surface area contributed by atoms with Crippen LogP contribution in [-0.2, 0) is 4.74 Å².